The van der Waals surface area contributed by atoms with E-state index in [-0.39, 0.29) is 25.7 Å². The summed E-state index contributed by atoms with van der Waals surface area (Å²) < 4.78 is 0. The van der Waals surface area contributed by atoms with Crippen molar-refractivity contribution in [2.45, 2.75) is 115 Å². The minimum Gasteiger partial charge on any atom is -0.390 e. The molecule has 2 unspecified atom stereocenters. The molecule has 6 heteroatoms. The Labute approximate surface area is 181 Å². The molecule has 164 valence electrons. The molecule has 1 aliphatic rings. The van der Waals surface area contributed by atoms with Crippen LogP contribution >= 0.6 is 0 Å². The highest BCUT2D eigenvalue weighted by molar-refractivity contribution is 5.02. The largest absolute Gasteiger partial charge is 0.390 e. The first-order chi connectivity index (χ1) is 14.5. The van der Waals surface area contributed by atoms with Crippen LogP contribution in [0, 0.1) is 56.2 Å². The molecule has 0 aromatic heterocycles. The second kappa shape index (κ2) is 14.0. The zero-order chi connectivity index (χ0) is 22.3. The van der Waals surface area contributed by atoms with Crippen LogP contribution in [0.25, 0.3) is 0 Å². The summed E-state index contributed by atoms with van der Waals surface area (Å²) in [5.41, 5.74) is -1.40. The van der Waals surface area contributed by atoms with Crippen molar-refractivity contribution in [1.29, 1.82) is 21.0 Å². The molecule has 0 aromatic carbocycles. The lowest BCUT2D eigenvalue weighted by molar-refractivity contribution is -0.136. The summed E-state index contributed by atoms with van der Waals surface area (Å²) >= 11 is 0. The lowest BCUT2D eigenvalue weighted by Gasteiger charge is -2.47. The van der Waals surface area contributed by atoms with E-state index >= 15 is 0 Å². The Morgan fingerprint density at radius 1 is 0.533 bits per heavy atom. The molecule has 1 fully saturated rings. The molecule has 0 spiro atoms. The third-order valence-electron chi connectivity index (χ3n) is 7.09. The molecule has 0 amide bonds. The fourth-order valence-corrected chi connectivity index (χ4v) is 5.19. The summed E-state index contributed by atoms with van der Waals surface area (Å²) in [6.45, 7) is 0. The van der Waals surface area contributed by atoms with Gasteiger partial charge in [0.25, 0.3) is 0 Å². The zero-order valence-corrected chi connectivity index (χ0v) is 18.2. The van der Waals surface area contributed by atoms with Crippen molar-refractivity contribution >= 4 is 0 Å². The molecule has 1 aliphatic carbocycles. The Bertz CT molecular complexity index is 571. The average molecular weight is 413 g/mol. The van der Waals surface area contributed by atoms with E-state index in [1.807, 2.05) is 0 Å². The van der Waals surface area contributed by atoms with Gasteiger partial charge in [-0.05, 0) is 38.5 Å². The van der Waals surface area contributed by atoms with Crippen LogP contribution in [-0.2, 0) is 0 Å². The van der Waals surface area contributed by atoms with Gasteiger partial charge in [-0.25, -0.2) is 0 Å². The van der Waals surface area contributed by atoms with Crippen molar-refractivity contribution in [1.82, 2.24) is 0 Å². The van der Waals surface area contributed by atoms with E-state index in [4.69, 9.17) is 0 Å². The molecule has 0 aliphatic heterocycles. The number of hydrogen-bond acceptors (Lipinski definition) is 6. The fraction of sp³-hybridized carbons (Fsp3) is 0.833. The highest BCUT2D eigenvalue weighted by Gasteiger charge is 2.48. The Morgan fingerprint density at radius 2 is 0.800 bits per heavy atom. The molecular formula is C24H36N4O2. The van der Waals surface area contributed by atoms with Crippen LogP contribution in [0.5, 0.6) is 0 Å². The van der Waals surface area contributed by atoms with E-state index in [9.17, 15) is 31.3 Å². The van der Waals surface area contributed by atoms with Crippen LogP contribution in [0.4, 0.5) is 0 Å². The summed E-state index contributed by atoms with van der Waals surface area (Å²) in [6.07, 6.45) is 8.05. The predicted molar refractivity (Wildman–Crippen MR) is 113 cm³/mol. The standard InChI is InChI=1S/C24H36N4O2/c25-17-7-13-23(14-8-18-26)11-5-3-1-2-4-6-12-24(15-9-19-27,16-10-20-28)22(30)21(23)29/h21-22,29-30H,1-16H2. The van der Waals surface area contributed by atoms with Crippen LogP contribution in [0.15, 0.2) is 0 Å². The van der Waals surface area contributed by atoms with Crippen LogP contribution in [0.3, 0.4) is 0 Å². The van der Waals surface area contributed by atoms with Gasteiger partial charge in [0.1, 0.15) is 0 Å². The Balaban J connectivity index is 3.38. The molecular weight excluding hydrogens is 376 g/mol. The van der Waals surface area contributed by atoms with E-state index < -0.39 is 23.0 Å². The molecule has 0 heterocycles. The molecule has 0 aromatic rings. The van der Waals surface area contributed by atoms with E-state index in [1.54, 1.807) is 0 Å². The lowest BCUT2D eigenvalue weighted by Crippen LogP contribution is -2.52. The Hall–Kier alpha value is -2.12. The first kappa shape index (κ1) is 25.9. The third-order valence-corrected chi connectivity index (χ3v) is 7.09. The van der Waals surface area contributed by atoms with Gasteiger partial charge < -0.3 is 10.2 Å². The van der Waals surface area contributed by atoms with E-state index in [0.717, 1.165) is 38.5 Å². The first-order valence-corrected chi connectivity index (χ1v) is 11.4. The quantitative estimate of drug-likeness (QED) is 0.573. The van der Waals surface area contributed by atoms with Crippen LogP contribution in [0.2, 0.25) is 0 Å². The van der Waals surface area contributed by atoms with Gasteiger partial charge >= 0.3 is 0 Å². The maximum Gasteiger partial charge on any atom is 0.0861 e. The monoisotopic (exact) mass is 412 g/mol. The van der Waals surface area contributed by atoms with Crippen molar-refractivity contribution in [3.63, 3.8) is 0 Å². The molecule has 2 N–H and O–H groups in total. The maximum atomic E-state index is 11.5. The number of hydrogen-bond donors (Lipinski definition) is 2. The molecule has 30 heavy (non-hydrogen) atoms. The number of aliphatic hydroxyl groups is 2. The van der Waals surface area contributed by atoms with Crippen molar-refractivity contribution in [2.24, 2.45) is 10.8 Å². The summed E-state index contributed by atoms with van der Waals surface area (Å²) in [5.74, 6) is 0. The highest BCUT2D eigenvalue weighted by atomic mass is 16.3. The smallest absolute Gasteiger partial charge is 0.0861 e. The van der Waals surface area contributed by atoms with Crippen LogP contribution < -0.4 is 0 Å². The predicted octanol–water partition coefficient (Wildman–Crippen LogP) is 5.03. The Kier molecular flexibility index (Phi) is 12.1. The van der Waals surface area contributed by atoms with Crippen LogP contribution in [0.1, 0.15) is 103 Å². The number of nitriles is 4. The third kappa shape index (κ3) is 7.29. The second-order valence-electron chi connectivity index (χ2n) is 8.87. The number of nitrogens with zero attached hydrogens (tertiary/aromatic N) is 4. The van der Waals surface area contributed by atoms with Gasteiger partial charge in [0, 0.05) is 36.5 Å². The zero-order valence-electron chi connectivity index (χ0n) is 18.2. The first-order valence-electron chi connectivity index (χ1n) is 11.4. The second-order valence-corrected chi connectivity index (χ2v) is 8.87. The summed E-state index contributed by atoms with van der Waals surface area (Å²) in [4.78, 5) is 0. The van der Waals surface area contributed by atoms with Gasteiger partial charge in [-0.3, -0.25) is 0 Å². The van der Waals surface area contributed by atoms with Crippen LogP contribution in [-0.4, -0.2) is 22.4 Å². The summed E-state index contributed by atoms with van der Waals surface area (Å²) in [7, 11) is 0. The van der Waals surface area contributed by atoms with Gasteiger partial charge in [0.05, 0.1) is 36.5 Å². The SMILES string of the molecule is N#CCCC1(CCC#N)CCCCCCCCC(CCC#N)(CCC#N)C(O)C1O. The maximum absolute atomic E-state index is 11.5. The molecule has 0 saturated heterocycles. The number of aliphatic hydroxyl groups excluding tert-OH is 2. The van der Waals surface area contributed by atoms with E-state index in [1.165, 1.54) is 0 Å². The van der Waals surface area contributed by atoms with Gasteiger partial charge in [-0.1, -0.05) is 38.5 Å². The normalized spacial score (nSPS) is 24.1. The van der Waals surface area contributed by atoms with Gasteiger partial charge in [-0.15, -0.1) is 0 Å². The minimum atomic E-state index is -1.09. The molecule has 0 bridgehead atoms. The van der Waals surface area contributed by atoms with E-state index in [2.05, 4.69) is 24.3 Å². The highest BCUT2D eigenvalue weighted by Crippen LogP contribution is 2.48. The fourth-order valence-electron chi connectivity index (χ4n) is 5.19. The average Bonchev–Trinajstić information content (AvgIpc) is 2.76. The summed E-state index contributed by atoms with van der Waals surface area (Å²) in [6, 6.07) is 8.66. The molecule has 6 nitrogen and oxygen atoms in total. The van der Waals surface area contributed by atoms with Crippen molar-refractivity contribution in [3.8, 4) is 24.3 Å². The molecule has 1 saturated carbocycles. The minimum absolute atomic E-state index is 0.262. The van der Waals surface area contributed by atoms with Crippen molar-refractivity contribution in [2.75, 3.05) is 0 Å². The van der Waals surface area contributed by atoms with E-state index in [0.29, 0.717) is 38.5 Å². The topological polar surface area (TPSA) is 136 Å². The van der Waals surface area contributed by atoms with Crippen molar-refractivity contribution < 1.29 is 10.2 Å². The van der Waals surface area contributed by atoms with Gasteiger partial charge in [0.2, 0.25) is 0 Å². The number of rotatable bonds is 8. The molecule has 2 atom stereocenters. The van der Waals surface area contributed by atoms with Gasteiger partial charge in [0.15, 0.2) is 0 Å². The lowest BCUT2D eigenvalue weighted by atomic mass is 9.61. The molecule has 1 rings (SSSR count). The summed E-state index contributed by atoms with van der Waals surface area (Å²) in [5, 5.41) is 59.9. The molecule has 0 radical (unpaired) electrons. The van der Waals surface area contributed by atoms with Gasteiger partial charge in [-0.2, -0.15) is 21.0 Å². The van der Waals surface area contributed by atoms with Crippen molar-refractivity contribution in [3.05, 3.63) is 0 Å². The Morgan fingerprint density at radius 3 is 1.07 bits per heavy atom.